The zero-order valence-corrected chi connectivity index (χ0v) is 13.2. The molecular weight excluding hydrogens is 288 g/mol. The third-order valence-corrected chi connectivity index (χ3v) is 3.82. The SMILES string of the molecule is CO[C@@H]1[C@@H](OC)[C@@H](O)O[C@H](COCc2ccccc2)[C@H]1OC. The number of methoxy groups -OCH3 is 3. The highest BCUT2D eigenvalue weighted by Gasteiger charge is 2.46. The second-order valence-corrected chi connectivity index (χ2v) is 5.17. The molecule has 0 bridgehead atoms. The van der Waals surface area contributed by atoms with E-state index in [2.05, 4.69) is 0 Å². The van der Waals surface area contributed by atoms with Crippen molar-refractivity contribution in [2.45, 2.75) is 37.3 Å². The van der Waals surface area contributed by atoms with Crippen molar-refractivity contribution in [2.75, 3.05) is 27.9 Å². The Bertz CT molecular complexity index is 426. The summed E-state index contributed by atoms with van der Waals surface area (Å²) < 4.78 is 27.4. The van der Waals surface area contributed by atoms with Crippen LogP contribution in [-0.4, -0.2) is 63.7 Å². The van der Waals surface area contributed by atoms with Crippen molar-refractivity contribution in [1.29, 1.82) is 0 Å². The van der Waals surface area contributed by atoms with Crippen LogP contribution in [0.5, 0.6) is 0 Å². The lowest BCUT2D eigenvalue weighted by Crippen LogP contribution is -2.60. The molecule has 6 nitrogen and oxygen atoms in total. The second kappa shape index (κ2) is 8.57. The standard InChI is InChI=1S/C16H24O6/c1-18-13-12(10-21-9-11-7-5-4-6-8-11)22-16(17)15(20-3)14(13)19-2/h4-8,12-17H,9-10H2,1-3H3/t12-,13-,14+,15-,16+/m1/s1. The second-order valence-electron chi connectivity index (χ2n) is 5.17. The Labute approximate surface area is 130 Å². The van der Waals surface area contributed by atoms with Gasteiger partial charge in [-0.2, -0.15) is 0 Å². The van der Waals surface area contributed by atoms with E-state index in [0.717, 1.165) is 5.56 Å². The quantitative estimate of drug-likeness (QED) is 0.809. The van der Waals surface area contributed by atoms with Gasteiger partial charge in [-0.3, -0.25) is 0 Å². The molecule has 1 aliphatic rings. The molecule has 1 N–H and O–H groups in total. The molecule has 6 heteroatoms. The number of aliphatic hydroxyl groups excluding tert-OH is 1. The van der Waals surface area contributed by atoms with Crippen molar-refractivity contribution >= 4 is 0 Å². The highest BCUT2D eigenvalue weighted by Crippen LogP contribution is 2.26. The number of hydrogen-bond donors (Lipinski definition) is 1. The fourth-order valence-electron chi connectivity index (χ4n) is 2.70. The molecule has 0 radical (unpaired) electrons. The minimum absolute atomic E-state index is 0.292. The van der Waals surface area contributed by atoms with Crippen LogP contribution >= 0.6 is 0 Å². The van der Waals surface area contributed by atoms with Crippen molar-refractivity contribution in [1.82, 2.24) is 0 Å². The minimum atomic E-state index is -1.08. The Kier molecular flexibility index (Phi) is 6.75. The van der Waals surface area contributed by atoms with Gasteiger partial charge in [-0.25, -0.2) is 0 Å². The number of hydrogen-bond acceptors (Lipinski definition) is 6. The van der Waals surface area contributed by atoms with Gasteiger partial charge in [0, 0.05) is 21.3 Å². The van der Waals surface area contributed by atoms with E-state index in [0.29, 0.717) is 13.2 Å². The average molecular weight is 312 g/mol. The Hall–Kier alpha value is -1.02. The summed E-state index contributed by atoms with van der Waals surface area (Å²) in [5, 5.41) is 10.0. The number of aliphatic hydroxyl groups is 1. The van der Waals surface area contributed by atoms with Crippen LogP contribution in [0.4, 0.5) is 0 Å². The maximum atomic E-state index is 10.0. The molecule has 22 heavy (non-hydrogen) atoms. The Balaban J connectivity index is 1.94. The fourth-order valence-corrected chi connectivity index (χ4v) is 2.70. The van der Waals surface area contributed by atoms with Crippen molar-refractivity contribution in [3.63, 3.8) is 0 Å². The summed E-state index contributed by atoms with van der Waals surface area (Å²) in [7, 11) is 4.64. The first kappa shape index (κ1) is 17.3. The molecule has 124 valence electrons. The molecule has 1 heterocycles. The monoisotopic (exact) mass is 312 g/mol. The highest BCUT2D eigenvalue weighted by atomic mass is 16.7. The lowest BCUT2D eigenvalue weighted by Gasteiger charge is -2.42. The van der Waals surface area contributed by atoms with Crippen LogP contribution in [0, 0.1) is 0 Å². The van der Waals surface area contributed by atoms with Crippen molar-refractivity contribution in [3.8, 4) is 0 Å². The molecule has 1 aromatic carbocycles. The van der Waals surface area contributed by atoms with Crippen LogP contribution in [0.2, 0.25) is 0 Å². The summed E-state index contributed by atoms with van der Waals surface area (Å²) >= 11 is 0. The molecule has 1 aliphatic heterocycles. The van der Waals surface area contributed by atoms with Gasteiger partial charge in [-0.1, -0.05) is 30.3 Å². The number of rotatable bonds is 7. The van der Waals surface area contributed by atoms with Crippen molar-refractivity contribution < 1.29 is 28.8 Å². The van der Waals surface area contributed by atoms with E-state index >= 15 is 0 Å². The third-order valence-electron chi connectivity index (χ3n) is 3.82. The van der Waals surface area contributed by atoms with Gasteiger partial charge in [-0.15, -0.1) is 0 Å². The lowest BCUT2D eigenvalue weighted by atomic mass is 9.98. The maximum Gasteiger partial charge on any atom is 0.184 e. The molecule has 0 saturated carbocycles. The summed E-state index contributed by atoms with van der Waals surface area (Å²) in [5.41, 5.74) is 1.07. The highest BCUT2D eigenvalue weighted by molar-refractivity contribution is 5.13. The summed E-state index contributed by atoms with van der Waals surface area (Å²) in [4.78, 5) is 0. The van der Waals surface area contributed by atoms with E-state index in [1.165, 1.54) is 7.11 Å². The van der Waals surface area contributed by atoms with Crippen LogP contribution < -0.4 is 0 Å². The first-order valence-electron chi connectivity index (χ1n) is 7.24. The Morgan fingerprint density at radius 3 is 2.18 bits per heavy atom. The van der Waals surface area contributed by atoms with Crippen LogP contribution in [-0.2, 0) is 30.3 Å². The fraction of sp³-hybridized carbons (Fsp3) is 0.625. The van der Waals surface area contributed by atoms with Gasteiger partial charge in [0.25, 0.3) is 0 Å². The molecular formula is C16H24O6. The van der Waals surface area contributed by atoms with Crippen molar-refractivity contribution in [3.05, 3.63) is 35.9 Å². The molecule has 1 aromatic rings. The molecule has 0 aromatic heterocycles. The molecule has 0 aliphatic carbocycles. The van der Waals surface area contributed by atoms with E-state index in [4.69, 9.17) is 23.7 Å². The molecule has 0 spiro atoms. The molecule has 5 atom stereocenters. The Morgan fingerprint density at radius 2 is 1.59 bits per heavy atom. The normalized spacial score (nSPS) is 32.1. The van der Waals surface area contributed by atoms with Gasteiger partial charge in [0.15, 0.2) is 6.29 Å². The topological polar surface area (TPSA) is 66.4 Å². The van der Waals surface area contributed by atoms with E-state index in [1.54, 1.807) is 14.2 Å². The largest absolute Gasteiger partial charge is 0.376 e. The van der Waals surface area contributed by atoms with Crippen molar-refractivity contribution in [2.24, 2.45) is 0 Å². The Morgan fingerprint density at radius 1 is 0.955 bits per heavy atom. The van der Waals surface area contributed by atoms with E-state index in [-0.39, 0.29) is 6.10 Å². The van der Waals surface area contributed by atoms with Crippen LogP contribution in [0.25, 0.3) is 0 Å². The summed E-state index contributed by atoms with van der Waals surface area (Å²) in [6.07, 6.45) is -2.91. The van der Waals surface area contributed by atoms with Gasteiger partial charge in [0.1, 0.15) is 24.4 Å². The van der Waals surface area contributed by atoms with Crippen LogP contribution in [0.1, 0.15) is 5.56 Å². The third kappa shape index (κ3) is 4.04. The predicted molar refractivity (Wildman–Crippen MR) is 79.4 cm³/mol. The summed E-state index contributed by atoms with van der Waals surface area (Å²) in [5.74, 6) is 0. The van der Waals surface area contributed by atoms with Gasteiger partial charge in [-0.05, 0) is 5.56 Å². The van der Waals surface area contributed by atoms with Gasteiger partial charge >= 0.3 is 0 Å². The predicted octanol–water partition coefficient (Wildman–Crippen LogP) is 0.965. The smallest absolute Gasteiger partial charge is 0.184 e. The molecule has 2 rings (SSSR count). The first-order chi connectivity index (χ1) is 10.7. The van der Waals surface area contributed by atoms with Gasteiger partial charge in [0.05, 0.1) is 13.2 Å². The zero-order valence-electron chi connectivity index (χ0n) is 13.2. The number of benzene rings is 1. The van der Waals surface area contributed by atoms with Gasteiger partial charge < -0.3 is 28.8 Å². The number of ether oxygens (including phenoxy) is 5. The maximum absolute atomic E-state index is 10.0. The first-order valence-corrected chi connectivity index (χ1v) is 7.24. The van der Waals surface area contributed by atoms with Crippen LogP contribution in [0.3, 0.4) is 0 Å². The van der Waals surface area contributed by atoms with E-state index in [1.807, 2.05) is 30.3 Å². The summed E-state index contributed by atoms with van der Waals surface area (Å²) in [6.45, 7) is 0.763. The molecule has 0 amide bonds. The van der Waals surface area contributed by atoms with E-state index < -0.39 is 24.6 Å². The average Bonchev–Trinajstić information content (AvgIpc) is 2.55. The molecule has 1 saturated heterocycles. The lowest BCUT2D eigenvalue weighted by molar-refractivity contribution is -0.301. The molecule has 1 fully saturated rings. The molecule has 0 unspecified atom stereocenters. The summed E-state index contributed by atoms with van der Waals surface area (Å²) in [6, 6.07) is 9.86. The van der Waals surface area contributed by atoms with E-state index in [9.17, 15) is 5.11 Å². The van der Waals surface area contributed by atoms with Gasteiger partial charge in [0.2, 0.25) is 0 Å². The van der Waals surface area contributed by atoms with Crippen LogP contribution in [0.15, 0.2) is 30.3 Å². The minimum Gasteiger partial charge on any atom is -0.376 e. The zero-order chi connectivity index (χ0) is 15.9.